The molecule has 0 aromatic carbocycles. The van der Waals surface area contributed by atoms with Crippen molar-refractivity contribution in [3.05, 3.63) is 24.4 Å². The van der Waals surface area contributed by atoms with Crippen molar-refractivity contribution in [2.24, 2.45) is 0 Å². The Balaban J connectivity index is 1.96. The van der Waals surface area contributed by atoms with Crippen molar-refractivity contribution < 1.29 is 24.2 Å². The summed E-state index contributed by atoms with van der Waals surface area (Å²) in [6.45, 7) is 3.44. The van der Waals surface area contributed by atoms with E-state index in [1.165, 1.54) is 6.08 Å². The molecule has 0 aromatic heterocycles. The lowest BCUT2D eigenvalue weighted by molar-refractivity contribution is -0.116. The van der Waals surface area contributed by atoms with Crippen LogP contribution in [0.25, 0.3) is 0 Å². The predicted molar refractivity (Wildman–Crippen MR) is 52.4 cm³/mol. The second-order valence-corrected chi connectivity index (χ2v) is 3.48. The molecule has 1 amide bonds. The number of carbonyl (C=O) groups is 2. The van der Waals surface area contributed by atoms with Gasteiger partial charge in [0.1, 0.15) is 24.9 Å². The van der Waals surface area contributed by atoms with Crippen LogP contribution in [0.3, 0.4) is 0 Å². The maximum absolute atomic E-state index is 11.3. The number of aliphatic hydroxyl groups excluding tert-OH is 1. The zero-order valence-corrected chi connectivity index (χ0v) is 8.38. The summed E-state index contributed by atoms with van der Waals surface area (Å²) in [6.07, 6.45) is -0.238. The van der Waals surface area contributed by atoms with Gasteiger partial charge in [0.05, 0.1) is 5.70 Å². The minimum Gasteiger partial charge on any atom is -0.445 e. The summed E-state index contributed by atoms with van der Waals surface area (Å²) in [7, 11) is 0. The van der Waals surface area contributed by atoms with Crippen molar-refractivity contribution in [1.82, 2.24) is 5.32 Å². The summed E-state index contributed by atoms with van der Waals surface area (Å²) < 4.78 is 9.59. The van der Waals surface area contributed by atoms with E-state index in [1.54, 1.807) is 0 Å². The van der Waals surface area contributed by atoms with Gasteiger partial charge in [-0.2, -0.15) is 0 Å². The fourth-order valence-electron chi connectivity index (χ4n) is 1.49. The largest absolute Gasteiger partial charge is 0.445 e. The molecule has 0 bridgehead atoms. The molecule has 2 rings (SSSR count). The van der Waals surface area contributed by atoms with Crippen molar-refractivity contribution in [1.29, 1.82) is 0 Å². The summed E-state index contributed by atoms with van der Waals surface area (Å²) in [5.41, 5.74) is 0.109. The van der Waals surface area contributed by atoms with Gasteiger partial charge in [-0.1, -0.05) is 12.7 Å². The zero-order valence-electron chi connectivity index (χ0n) is 8.38. The summed E-state index contributed by atoms with van der Waals surface area (Å²) >= 11 is 0. The van der Waals surface area contributed by atoms with Crippen molar-refractivity contribution in [2.45, 2.75) is 18.3 Å². The summed E-state index contributed by atoms with van der Waals surface area (Å²) in [4.78, 5) is 22.4. The molecule has 6 nitrogen and oxygen atoms in total. The van der Waals surface area contributed by atoms with E-state index in [-0.39, 0.29) is 18.1 Å². The van der Waals surface area contributed by atoms with E-state index >= 15 is 0 Å². The van der Waals surface area contributed by atoms with Crippen molar-refractivity contribution in [2.75, 3.05) is 6.61 Å². The number of rotatable bonds is 3. The number of alkyl carbamates (subject to hydrolysis) is 1. The van der Waals surface area contributed by atoms with Gasteiger partial charge in [0.2, 0.25) is 0 Å². The number of epoxide rings is 1. The Labute approximate surface area is 91.5 Å². The minimum atomic E-state index is -0.987. The van der Waals surface area contributed by atoms with Crippen molar-refractivity contribution in [3.8, 4) is 0 Å². The van der Waals surface area contributed by atoms with Crippen molar-refractivity contribution >= 4 is 11.9 Å². The minimum absolute atomic E-state index is 0.0612. The van der Waals surface area contributed by atoms with Gasteiger partial charge in [0, 0.05) is 6.08 Å². The molecule has 0 spiro atoms. The number of ether oxygens (including phenoxy) is 2. The first-order valence-corrected chi connectivity index (χ1v) is 4.77. The van der Waals surface area contributed by atoms with Crippen LogP contribution in [0.2, 0.25) is 0 Å². The molecule has 1 fully saturated rings. The monoisotopic (exact) mass is 225 g/mol. The summed E-state index contributed by atoms with van der Waals surface area (Å²) in [6, 6.07) is 0. The molecule has 2 N–H and O–H groups in total. The smallest absolute Gasteiger partial charge is 0.411 e. The Morgan fingerprint density at radius 2 is 2.50 bits per heavy atom. The van der Waals surface area contributed by atoms with E-state index in [0.717, 1.165) is 6.08 Å². The molecule has 0 unspecified atom stereocenters. The third-order valence-electron chi connectivity index (χ3n) is 2.31. The molecule has 6 heteroatoms. The molecule has 1 saturated heterocycles. The second-order valence-electron chi connectivity index (χ2n) is 3.48. The fourth-order valence-corrected chi connectivity index (χ4v) is 1.49. The van der Waals surface area contributed by atoms with E-state index in [2.05, 4.69) is 16.6 Å². The average Bonchev–Trinajstić information content (AvgIpc) is 3.03. The van der Waals surface area contributed by atoms with E-state index < -0.39 is 24.4 Å². The van der Waals surface area contributed by atoms with Crippen LogP contribution in [0.15, 0.2) is 24.4 Å². The molecule has 0 saturated carbocycles. The Bertz CT molecular complexity index is 375. The highest BCUT2D eigenvalue weighted by molar-refractivity contribution is 5.98. The SMILES string of the molecule is C=CCOC(=O)NC1=CC(=O)[C@H]2O[C@H]2[C@H]1O. The van der Waals surface area contributed by atoms with E-state index in [0.29, 0.717) is 0 Å². The van der Waals surface area contributed by atoms with E-state index in [1.807, 2.05) is 0 Å². The quantitative estimate of drug-likeness (QED) is 0.499. The van der Waals surface area contributed by atoms with Crippen LogP contribution in [0.4, 0.5) is 4.79 Å². The molecular weight excluding hydrogens is 214 g/mol. The Morgan fingerprint density at radius 1 is 1.75 bits per heavy atom. The second kappa shape index (κ2) is 4.07. The molecule has 1 aliphatic carbocycles. The molecule has 1 heterocycles. The molecule has 0 aromatic rings. The maximum Gasteiger partial charge on any atom is 0.411 e. The van der Waals surface area contributed by atoms with Gasteiger partial charge in [-0.15, -0.1) is 0 Å². The van der Waals surface area contributed by atoms with Gasteiger partial charge < -0.3 is 14.6 Å². The number of ketones is 1. The van der Waals surface area contributed by atoms with Gasteiger partial charge in [-0.25, -0.2) is 4.79 Å². The van der Waals surface area contributed by atoms with Gasteiger partial charge in [-0.05, 0) is 0 Å². The third-order valence-corrected chi connectivity index (χ3v) is 2.31. The van der Waals surface area contributed by atoms with Crippen LogP contribution < -0.4 is 5.32 Å². The summed E-state index contributed by atoms with van der Waals surface area (Å²) in [5.74, 6) is -0.255. The normalized spacial score (nSPS) is 31.2. The fraction of sp³-hybridized carbons (Fsp3) is 0.400. The Kier molecular flexibility index (Phi) is 2.76. The molecule has 1 aliphatic heterocycles. The molecular formula is C10H11NO5. The summed E-state index contributed by atoms with van der Waals surface area (Å²) in [5, 5.41) is 11.9. The highest BCUT2D eigenvalue weighted by atomic mass is 16.6. The number of carbonyl (C=O) groups excluding carboxylic acids is 2. The predicted octanol–water partition coefficient (Wildman–Crippen LogP) is -0.507. The first kappa shape index (κ1) is 10.8. The lowest BCUT2D eigenvalue weighted by Gasteiger charge is -2.16. The Morgan fingerprint density at radius 3 is 3.19 bits per heavy atom. The third kappa shape index (κ3) is 1.98. The lowest BCUT2D eigenvalue weighted by Crippen LogP contribution is -2.37. The van der Waals surface area contributed by atoms with Gasteiger partial charge in [0.15, 0.2) is 5.78 Å². The van der Waals surface area contributed by atoms with Crippen LogP contribution >= 0.6 is 0 Å². The lowest BCUT2D eigenvalue weighted by atomic mass is 10.0. The average molecular weight is 225 g/mol. The Hall–Kier alpha value is -1.66. The number of hydrogen-bond donors (Lipinski definition) is 2. The van der Waals surface area contributed by atoms with Crippen LogP contribution in [0.5, 0.6) is 0 Å². The maximum atomic E-state index is 11.3. The molecule has 16 heavy (non-hydrogen) atoms. The number of hydrogen-bond acceptors (Lipinski definition) is 5. The number of amides is 1. The van der Waals surface area contributed by atoms with Crippen LogP contribution in [0.1, 0.15) is 0 Å². The molecule has 3 atom stereocenters. The van der Waals surface area contributed by atoms with Crippen LogP contribution in [0, 0.1) is 0 Å². The van der Waals surface area contributed by atoms with Crippen LogP contribution in [-0.2, 0) is 14.3 Å². The highest BCUT2D eigenvalue weighted by Gasteiger charge is 2.53. The van der Waals surface area contributed by atoms with E-state index in [4.69, 9.17) is 4.74 Å². The number of fused-ring (bicyclic) bond motifs is 1. The standard InChI is InChI=1S/C10H11NO5/c1-2-3-15-10(14)11-5-4-6(12)8-9(16-8)7(5)13/h2,4,7-9,13H,1,3H2,(H,11,14)/t7-,8+,9-/m0/s1. The molecule has 2 aliphatic rings. The van der Waals surface area contributed by atoms with Gasteiger partial charge in [0.25, 0.3) is 0 Å². The first-order valence-electron chi connectivity index (χ1n) is 4.77. The molecule has 0 radical (unpaired) electrons. The molecule has 86 valence electrons. The topological polar surface area (TPSA) is 88.2 Å². The van der Waals surface area contributed by atoms with E-state index in [9.17, 15) is 14.7 Å². The highest BCUT2D eigenvalue weighted by Crippen LogP contribution is 2.33. The van der Waals surface area contributed by atoms with Crippen molar-refractivity contribution in [3.63, 3.8) is 0 Å². The number of aliphatic hydroxyl groups is 1. The van der Waals surface area contributed by atoms with Gasteiger partial charge >= 0.3 is 6.09 Å². The first-order chi connectivity index (χ1) is 7.63. The van der Waals surface area contributed by atoms with Crippen LogP contribution in [-0.4, -0.2) is 41.9 Å². The zero-order chi connectivity index (χ0) is 11.7. The number of nitrogens with one attached hydrogen (secondary N) is 1. The van der Waals surface area contributed by atoms with Gasteiger partial charge in [-0.3, -0.25) is 10.1 Å².